The number of fused-ring (bicyclic) bond motifs is 1. The number of ether oxygens (including phenoxy) is 2. The Kier molecular flexibility index (Phi) is 4.95. The summed E-state index contributed by atoms with van der Waals surface area (Å²) in [6, 6.07) is 17.5. The van der Waals surface area contributed by atoms with Gasteiger partial charge in [0, 0.05) is 10.6 Å². The summed E-state index contributed by atoms with van der Waals surface area (Å²) in [6.07, 6.45) is 1.64. The van der Waals surface area contributed by atoms with E-state index < -0.39 is 5.97 Å². The molecule has 0 amide bonds. The second-order valence-electron chi connectivity index (χ2n) is 6.82. The van der Waals surface area contributed by atoms with E-state index in [0.29, 0.717) is 33.2 Å². The van der Waals surface area contributed by atoms with Gasteiger partial charge >= 0.3 is 5.97 Å². The molecular formula is C24H17ClO4. The predicted octanol–water partition coefficient (Wildman–Crippen LogP) is 5.79. The van der Waals surface area contributed by atoms with Gasteiger partial charge in [-0.2, -0.15) is 0 Å². The van der Waals surface area contributed by atoms with E-state index in [2.05, 4.69) is 0 Å². The van der Waals surface area contributed by atoms with Crippen LogP contribution in [0.5, 0.6) is 11.5 Å². The van der Waals surface area contributed by atoms with E-state index >= 15 is 0 Å². The van der Waals surface area contributed by atoms with Crippen molar-refractivity contribution >= 4 is 29.4 Å². The highest BCUT2D eigenvalue weighted by molar-refractivity contribution is 6.30. The van der Waals surface area contributed by atoms with Gasteiger partial charge in [0.2, 0.25) is 5.78 Å². The van der Waals surface area contributed by atoms with Crippen LogP contribution >= 0.6 is 11.6 Å². The summed E-state index contributed by atoms with van der Waals surface area (Å²) < 4.78 is 11.3. The minimum atomic E-state index is -0.466. The van der Waals surface area contributed by atoms with Crippen molar-refractivity contribution in [3.05, 3.63) is 99.3 Å². The number of halogens is 1. The number of ketones is 1. The predicted molar refractivity (Wildman–Crippen MR) is 112 cm³/mol. The smallest absolute Gasteiger partial charge is 0.343 e. The Morgan fingerprint density at radius 2 is 1.79 bits per heavy atom. The first-order chi connectivity index (χ1) is 13.9. The molecule has 0 aliphatic carbocycles. The van der Waals surface area contributed by atoms with Crippen LogP contribution < -0.4 is 9.47 Å². The van der Waals surface area contributed by atoms with Gasteiger partial charge in [-0.05, 0) is 61.9 Å². The van der Waals surface area contributed by atoms with Gasteiger partial charge in [0.1, 0.15) is 11.5 Å². The van der Waals surface area contributed by atoms with Crippen LogP contribution in [0.25, 0.3) is 6.08 Å². The number of carbonyl (C=O) groups is 2. The van der Waals surface area contributed by atoms with Crippen molar-refractivity contribution in [3.8, 4) is 11.5 Å². The van der Waals surface area contributed by atoms with E-state index in [-0.39, 0.29) is 11.5 Å². The fraction of sp³-hybridized carbons (Fsp3) is 0.0833. The molecule has 4 rings (SSSR count). The van der Waals surface area contributed by atoms with Gasteiger partial charge in [-0.3, -0.25) is 4.79 Å². The van der Waals surface area contributed by atoms with Crippen LogP contribution in [0, 0.1) is 13.8 Å². The maximum absolute atomic E-state index is 12.7. The Labute approximate surface area is 173 Å². The van der Waals surface area contributed by atoms with Crippen molar-refractivity contribution in [3.63, 3.8) is 0 Å². The molecular weight excluding hydrogens is 388 g/mol. The van der Waals surface area contributed by atoms with Crippen molar-refractivity contribution in [1.29, 1.82) is 0 Å². The lowest BCUT2D eigenvalue weighted by molar-refractivity contribution is 0.0733. The zero-order chi connectivity index (χ0) is 20.5. The van der Waals surface area contributed by atoms with E-state index in [4.69, 9.17) is 21.1 Å². The maximum atomic E-state index is 12.7. The van der Waals surface area contributed by atoms with Crippen LogP contribution in [0.3, 0.4) is 0 Å². The summed E-state index contributed by atoms with van der Waals surface area (Å²) in [5, 5.41) is 0.573. The van der Waals surface area contributed by atoms with Gasteiger partial charge in [-0.15, -0.1) is 0 Å². The van der Waals surface area contributed by atoms with Gasteiger partial charge in [0.05, 0.1) is 11.1 Å². The third-order valence-corrected chi connectivity index (χ3v) is 4.91. The molecule has 0 saturated carbocycles. The molecule has 1 aliphatic rings. The normalized spacial score (nSPS) is 13.9. The molecule has 3 aromatic carbocycles. The molecule has 1 heterocycles. The van der Waals surface area contributed by atoms with Gasteiger partial charge in [-0.25, -0.2) is 4.79 Å². The summed E-state index contributed by atoms with van der Waals surface area (Å²) in [4.78, 5) is 25.1. The molecule has 144 valence electrons. The molecule has 0 N–H and O–H groups in total. The summed E-state index contributed by atoms with van der Waals surface area (Å²) >= 11 is 6.01. The van der Waals surface area contributed by atoms with Gasteiger partial charge in [0.15, 0.2) is 5.76 Å². The molecule has 0 bridgehead atoms. The number of hydrogen-bond donors (Lipinski definition) is 0. The molecule has 29 heavy (non-hydrogen) atoms. The van der Waals surface area contributed by atoms with Crippen molar-refractivity contribution in [2.75, 3.05) is 0 Å². The Bertz CT molecular complexity index is 1160. The molecule has 0 unspecified atom stereocenters. The average molecular weight is 405 g/mol. The van der Waals surface area contributed by atoms with Crippen molar-refractivity contribution < 1.29 is 19.1 Å². The molecule has 3 aromatic rings. The average Bonchev–Trinajstić information content (AvgIpc) is 3.01. The lowest BCUT2D eigenvalue weighted by Gasteiger charge is -2.10. The summed E-state index contributed by atoms with van der Waals surface area (Å²) in [6.45, 7) is 3.70. The van der Waals surface area contributed by atoms with E-state index in [1.807, 2.05) is 25.1 Å². The fourth-order valence-corrected chi connectivity index (χ4v) is 3.27. The number of aryl methyl sites for hydroxylation is 1. The monoisotopic (exact) mass is 404 g/mol. The highest BCUT2D eigenvalue weighted by Gasteiger charge is 2.30. The number of Topliss-reactive ketones (excluding diaryl/α,β-unsaturated/α-hetero) is 1. The van der Waals surface area contributed by atoms with E-state index in [9.17, 15) is 9.59 Å². The van der Waals surface area contributed by atoms with Crippen LogP contribution in [-0.2, 0) is 0 Å². The minimum Gasteiger partial charge on any atom is -0.452 e. The lowest BCUT2D eigenvalue weighted by Crippen LogP contribution is -2.09. The number of allylic oxidation sites excluding steroid dienone is 1. The van der Waals surface area contributed by atoms with Gasteiger partial charge < -0.3 is 9.47 Å². The van der Waals surface area contributed by atoms with Gasteiger partial charge in [-0.1, -0.05) is 41.4 Å². The Hall–Kier alpha value is -3.37. The molecule has 0 fully saturated rings. The van der Waals surface area contributed by atoms with Crippen molar-refractivity contribution in [2.24, 2.45) is 0 Å². The highest BCUT2D eigenvalue weighted by Crippen LogP contribution is 2.39. The summed E-state index contributed by atoms with van der Waals surface area (Å²) in [7, 11) is 0. The van der Waals surface area contributed by atoms with Crippen LogP contribution in [0.1, 0.15) is 37.4 Å². The summed E-state index contributed by atoms with van der Waals surface area (Å²) in [5.74, 6) is 0.266. The van der Waals surface area contributed by atoms with E-state index in [1.54, 1.807) is 55.5 Å². The topological polar surface area (TPSA) is 52.6 Å². The van der Waals surface area contributed by atoms with Crippen molar-refractivity contribution in [2.45, 2.75) is 13.8 Å². The van der Waals surface area contributed by atoms with E-state index in [0.717, 1.165) is 11.1 Å². The molecule has 0 saturated heterocycles. The van der Waals surface area contributed by atoms with Crippen LogP contribution in [-0.4, -0.2) is 11.8 Å². The first-order valence-electron chi connectivity index (χ1n) is 9.04. The molecule has 0 atom stereocenters. The number of rotatable bonds is 3. The largest absolute Gasteiger partial charge is 0.452 e. The Morgan fingerprint density at radius 1 is 1.03 bits per heavy atom. The summed E-state index contributed by atoms with van der Waals surface area (Å²) in [5.41, 5.74) is 3.30. The molecule has 0 radical (unpaired) electrons. The number of esters is 1. The maximum Gasteiger partial charge on any atom is 0.343 e. The quantitative estimate of drug-likeness (QED) is 0.315. The van der Waals surface area contributed by atoms with E-state index in [1.165, 1.54) is 0 Å². The van der Waals surface area contributed by atoms with Crippen molar-refractivity contribution in [1.82, 2.24) is 0 Å². The first-order valence-corrected chi connectivity index (χ1v) is 9.42. The SMILES string of the molecule is Cc1ccc(C(=O)Oc2ccc3c(c2C)O/C(=C\c2cccc(Cl)c2)C3=O)cc1. The third-order valence-electron chi connectivity index (χ3n) is 4.67. The first kappa shape index (κ1) is 19.0. The fourth-order valence-electron chi connectivity index (χ4n) is 3.07. The lowest BCUT2D eigenvalue weighted by atomic mass is 10.1. The number of carbonyl (C=O) groups excluding carboxylic acids is 2. The standard InChI is InChI=1S/C24H17ClO4/c1-14-6-8-17(9-7-14)24(27)29-20-11-10-19-22(26)21(28-23(19)15(20)2)13-16-4-3-5-18(25)12-16/h3-13H,1-2H3/b21-13-. The third kappa shape index (κ3) is 3.80. The van der Waals surface area contributed by atoms with Gasteiger partial charge in [0.25, 0.3) is 0 Å². The Balaban J connectivity index is 1.61. The number of hydrogen-bond acceptors (Lipinski definition) is 4. The second-order valence-corrected chi connectivity index (χ2v) is 7.25. The molecule has 0 spiro atoms. The van der Waals surface area contributed by atoms with Crippen LogP contribution in [0.4, 0.5) is 0 Å². The molecule has 1 aliphatic heterocycles. The highest BCUT2D eigenvalue weighted by atomic mass is 35.5. The zero-order valence-electron chi connectivity index (χ0n) is 15.9. The number of benzene rings is 3. The van der Waals surface area contributed by atoms with Crippen LogP contribution in [0.2, 0.25) is 5.02 Å². The minimum absolute atomic E-state index is 0.201. The Morgan fingerprint density at radius 3 is 2.52 bits per heavy atom. The van der Waals surface area contributed by atoms with Crippen LogP contribution in [0.15, 0.2) is 66.4 Å². The molecule has 0 aromatic heterocycles. The zero-order valence-corrected chi connectivity index (χ0v) is 16.6. The molecule has 5 heteroatoms. The molecule has 4 nitrogen and oxygen atoms in total. The second kappa shape index (κ2) is 7.57.